The van der Waals surface area contributed by atoms with E-state index in [1.807, 2.05) is 0 Å². The van der Waals surface area contributed by atoms with Crippen LogP contribution in [0.25, 0.3) is 0 Å². The Bertz CT molecular complexity index is 356. The first-order valence-electron chi connectivity index (χ1n) is 8.47. The maximum absolute atomic E-state index is 9.29. The van der Waals surface area contributed by atoms with E-state index >= 15 is 0 Å². The van der Waals surface area contributed by atoms with E-state index < -0.39 is 0 Å². The zero-order valence-corrected chi connectivity index (χ0v) is 12.8. The number of hydrogen-bond donors (Lipinski definition) is 0. The van der Waals surface area contributed by atoms with E-state index in [-0.39, 0.29) is 5.41 Å². The lowest BCUT2D eigenvalue weighted by molar-refractivity contribution is -0.0649. The molecule has 0 aromatic rings. The summed E-state index contributed by atoms with van der Waals surface area (Å²) < 4.78 is 0. The number of fused-ring (bicyclic) bond motifs is 3. The molecule has 106 valence electrons. The molecule has 0 heterocycles. The summed E-state index contributed by atoms with van der Waals surface area (Å²) in [6.45, 7) is 4.57. The lowest BCUT2D eigenvalue weighted by Crippen LogP contribution is -2.46. The minimum absolute atomic E-state index is 0.0103. The molecule has 0 aromatic heterocycles. The van der Waals surface area contributed by atoms with Crippen molar-refractivity contribution in [1.29, 1.82) is 5.26 Å². The molecular formula is C18H29N. The van der Waals surface area contributed by atoms with Crippen LogP contribution in [0.15, 0.2) is 0 Å². The zero-order valence-electron chi connectivity index (χ0n) is 12.8. The fourth-order valence-corrected chi connectivity index (χ4v) is 5.41. The van der Waals surface area contributed by atoms with Gasteiger partial charge < -0.3 is 0 Å². The summed E-state index contributed by atoms with van der Waals surface area (Å²) in [4.78, 5) is 0. The Morgan fingerprint density at radius 2 is 1.47 bits per heavy atom. The van der Waals surface area contributed by atoms with E-state index in [2.05, 4.69) is 19.9 Å². The molecule has 2 bridgehead atoms. The van der Waals surface area contributed by atoms with Crippen LogP contribution in [0.3, 0.4) is 0 Å². The predicted octanol–water partition coefficient (Wildman–Crippen LogP) is 5.46. The molecule has 0 amide bonds. The first-order chi connectivity index (χ1) is 9.05. The van der Waals surface area contributed by atoms with Crippen LogP contribution in [-0.2, 0) is 0 Å². The van der Waals surface area contributed by atoms with Gasteiger partial charge in [0.05, 0.1) is 11.5 Å². The highest BCUT2D eigenvalue weighted by atomic mass is 14.6. The van der Waals surface area contributed by atoms with Crippen molar-refractivity contribution < 1.29 is 0 Å². The van der Waals surface area contributed by atoms with E-state index in [1.165, 1.54) is 57.8 Å². The second-order valence-corrected chi connectivity index (χ2v) is 8.16. The Labute approximate surface area is 118 Å². The van der Waals surface area contributed by atoms with Crippen molar-refractivity contribution in [3.63, 3.8) is 0 Å². The van der Waals surface area contributed by atoms with E-state index in [0.717, 1.165) is 24.2 Å². The molecule has 4 saturated carbocycles. The lowest BCUT2D eigenvalue weighted by atomic mass is 9.47. The van der Waals surface area contributed by atoms with Crippen molar-refractivity contribution >= 4 is 0 Å². The standard InChI is InChI=1S/C18H29N/c1-3-17-8-11-18(12-9-17,13-10-17)15-4-6-16(2,14-19)7-5-15/h15H,3-13H2,1-2H3. The van der Waals surface area contributed by atoms with Gasteiger partial charge in [-0.1, -0.05) is 13.3 Å². The molecule has 0 atom stereocenters. The Kier molecular flexibility index (Phi) is 3.19. The van der Waals surface area contributed by atoms with Crippen LogP contribution in [0.1, 0.15) is 84.5 Å². The molecule has 0 spiro atoms. The second-order valence-electron chi connectivity index (χ2n) is 8.16. The fraction of sp³-hybridized carbons (Fsp3) is 0.944. The van der Waals surface area contributed by atoms with Crippen LogP contribution in [0.4, 0.5) is 0 Å². The minimum atomic E-state index is -0.0103. The van der Waals surface area contributed by atoms with Crippen molar-refractivity contribution in [2.24, 2.45) is 22.2 Å². The molecule has 0 radical (unpaired) electrons. The van der Waals surface area contributed by atoms with Crippen LogP contribution >= 0.6 is 0 Å². The van der Waals surface area contributed by atoms with Gasteiger partial charge in [0.25, 0.3) is 0 Å². The second kappa shape index (κ2) is 4.51. The topological polar surface area (TPSA) is 23.8 Å². The van der Waals surface area contributed by atoms with Crippen molar-refractivity contribution in [2.75, 3.05) is 0 Å². The summed E-state index contributed by atoms with van der Waals surface area (Å²) in [6, 6.07) is 2.56. The molecule has 4 aliphatic carbocycles. The molecule has 4 rings (SSSR count). The average Bonchev–Trinajstić information content (AvgIpc) is 2.50. The molecule has 0 unspecified atom stereocenters. The van der Waals surface area contributed by atoms with Crippen molar-refractivity contribution in [3.8, 4) is 6.07 Å². The third-order valence-corrected chi connectivity index (χ3v) is 7.43. The van der Waals surface area contributed by atoms with Gasteiger partial charge in [0.1, 0.15) is 0 Å². The van der Waals surface area contributed by atoms with E-state index in [0.29, 0.717) is 5.41 Å². The van der Waals surface area contributed by atoms with E-state index in [4.69, 9.17) is 0 Å². The van der Waals surface area contributed by atoms with Gasteiger partial charge in [-0.15, -0.1) is 0 Å². The van der Waals surface area contributed by atoms with Crippen molar-refractivity contribution in [1.82, 2.24) is 0 Å². The minimum Gasteiger partial charge on any atom is -0.198 e. The lowest BCUT2D eigenvalue weighted by Gasteiger charge is -2.58. The molecule has 1 heteroatoms. The Morgan fingerprint density at radius 3 is 1.89 bits per heavy atom. The third kappa shape index (κ3) is 2.12. The number of nitrogens with zero attached hydrogens (tertiary/aromatic N) is 1. The Hall–Kier alpha value is -0.510. The zero-order chi connectivity index (χ0) is 13.6. The molecular weight excluding hydrogens is 230 g/mol. The third-order valence-electron chi connectivity index (χ3n) is 7.43. The maximum Gasteiger partial charge on any atom is 0.0686 e. The molecule has 0 aliphatic heterocycles. The average molecular weight is 259 g/mol. The molecule has 0 N–H and O–H groups in total. The summed E-state index contributed by atoms with van der Waals surface area (Å²) in [5.74, 6) is 0.934. The highest BCUT2D eigenvalue weighted by Gasteiger charge is 2.51. The fourth-order valence-electron chi connectivity index (χ4n) is 5.41. The highest BCUT2D eigenvalue weighted by Crippen LogP contribution is 2.63. The monoisotopic (exact) mass is 259 g/mol. The van der Waals surface area contributed by atoms with Gasteiger partial charge in [0.2, 0.25) is 0 Å². The molecule has 1 nitrogen and oxygen atoms in total. The van der Waals surface area contributed by atoms with Crippen LogP contribution in [0.5, 0.6) is 0 Å². The molecule has 4 fully saturated rings. The number of rotatable bonds is 2. The maximum atomic E-state index is 9.29. The van der Waals surface area contributed by atoms with Gasteiger partial charge in [-0.3, -0.25) is 0 Å². The van der Waals surface area contributed by atoms with Gasteiger partial charge in [-0.25, -0.2) is 0 Å². The largest absolute Gasteiger partial charge is 0.198 e. The first kappa shape index (κ1) is 13.5. The van der Waals surface area contributed by atoms with Gasteiger partial charge in [-0.2, -0.15) is 5.26 Å². The summed E-state index contributed by atoms with van der Waals surface area (Å²) in [7, 11) is 0. The van der Waals surface area contributed by atoms with Gasteiger partial charge in [-0.05, 0) is 87.9 Å². The number of nitriles is 1. The normalized spacial score (nSPS) is 49.8. The molecule has 0 aromatic carbocycles. The predicted molar refractivity (Wildman–Crippen MR) is 78.5 cm³/mol. The van der Waals surface area contributed by atoms with Crippen LogP contribution in [-0.4, -0.2) is 0 Å². The first-order valence-corrected chi connectivity index (χ1v) is 8.47. The quantitative estimate of drug-likeness (QED) is 0.646. The summed E-state index contributed by atoms with van der Waals surface area (Å²) in [6.07, 6.45) is 15.3. The summed E-state index contributed by atoms with van der Waals surface area (Å²) >= 11 is 0. The Morgan fingerprint density at radius 1 is 0.947 bits per heavy atom. The summed E-state index contributed by atoms with van der Waals surface area (Å²) in [5, 5.41) is 9.29. The van der Waals surface area contributed by atoms with Gasteiger partial charge in [0.15, 0.2) is 0 Å². The van der Waals surface area contributed by atoms with Crippen LogP contribution in [0.2, 0.25) is 0 Å². The molecule has 4 aliphatic rings. The molecule has 0 saturated heterocycles. The van der Waals surface area contributed by atoms with Gasteiger partial charge >= 0.3 is 0 Å². The Balaban J connectivity index is 1.67. The van der Waals surface area contributed by atoms with E-state index in [9.17, 15) is 5.26 Å². The van der Waals surface area contributed by atoms with Gasteiger partial charge in [0, 0.05) is 0 Å². The smallest absolute Gasteiger partial charge is 0.0686 e. The van der Waals surface area contributed by atoms with Crippen molar-refractivity contribution in [3.05, 3.63) is 0 Å². The number of hydrogen-bond acceptors (Lipinski definition) is 1. The van der Waals surface area contributed by atoms with Crippen molar-refractivity contribution in [2.45, 2.75) is 84.5 Å². The van der Waals surface area contributed by atoms with E-state index in [1.54, 1.807) is 0 Å². The highest BCUT2D eigenvalue weighted by molar-refractivity contribution is 5.05. The van der Waals surface area contributed by atoms with Crippen LogP contribution in [0, 0.1) is 33.5 Å². The SMILES string of the molecule is CCC12CCC(C3CCC(C)(C#N)CC3)(CC1)CC2. The summed E-state index contributed by atoms with van der Waals surface area (Å²) in [5.41, 5.74) is 1.41. The van der Waals surface area contributed by atoms with Crippen LogP contribution < -0.4 is 0 Å². The molecule has 19 heavy (non-hydrogen) atoms.